The number of carbonyl (C=O) groups is 2. The van der Waals surface area contributed by atoms with E-state index in [1.54, 1.807) is 11.4 Å². The standard InChI is InChI=1S/C15H18N2O3S3/c16-9-11-5-7-21-15(11)17-13(18)10-20-14(19)4-2-1-3-12-6-8-22-23-12/h5,7,12H,1-4,6,8,10H2,(H,17,18)/t12-/m1/s1. The lowest BCUT2D eigenvalue weighted by atomic mass is 10.1. The number of anilines is 1. The highest BCUT2D eigenvalue weighted by Crippen LogP contribution is 2.39. The molecule has 23 heavy (non-hydrogen) atoms. The fourth-order valence-electron chi connectivity index (χ4n) is 2.08. The molecular formula is C15H18N2O3S3. The van der Waals surface area contributed by atoms with E-state index in [4.69, 9.17) is 10.00 Å². The predicted molar refractivity (Wildman–Crippen MR) is 95.5 cm³/mol. The molecule has 5 nitrogen and oxygen atoms in total. The van der Waals surface area contributed by atoms with Crippen molar-refractivity contribution < 1.29 is 14.3 Å². The van der Waals surface area contributed by atoms with Crippen LogP contribution in [0.2, 0.25) is 0 Å². The van der Waals surface area contributed by atoms with Crippen LogP contribution in [0.3, 0.4) is 0 Å². The molecule has 0 unspecified atom stereocenters. The lowest BCUT2D eigenvalue weighted by Crippen LogP contribution is -2.20. The summed E-state index contributed by atoms with van der Waals surface area (Å²) in [6.45, 7) is -0.309. The molecule has 2 heterocycles. The quantitative estimate of drug-likeness (QED) is 0.426. The number of hydrogen-bond acceptors (Lipinski definition) is 7. The lowest BCUT2D eigenvalue weighted by molar-refractivity contribution is -0.147. The van der Waals surface area contributed by atoms with E-state index in [0.717, 1.165) is 24.5 Å². The van der Waals surface area contributed by atoms with E-state index in [9.17, 15) is 9.59 Å². The Balaban J connectivity index is 1.56. The normalized spacial score (nSPS) is 16.7. The van der Waals surface area contributed by atoms with Crippen molar-refractivity contribution in [2.24, 2.45) is 0 Å². The number of carbonyl (C=O) groups excluding carboxylic acids is 2. The van der Waals surface area contributed by atoms with Crippen LogP contribution in [0.5, 0.6) is 0 Å². The number of nitrogens with one attached hydrogen (secondary N) is 1. The first-order valence-corrected chi connectivity index (χ1v) is 10.7. The third kappa shape index (κ3) is 6.45. The van der Waals surface area contributed by atoms with E-state index < -0.39 is 5.91 Å². The lowest BCUT2D eigenvalue weighted by Gasteiger charge is -2.07. The molecule has 1 fully saturated rings. The molecule has 8 heteroatoms. The van der Waals surface area contributed by atoms with Crippen LogP contribution in [-0.2, 0) is 14.3 Å². The van der Waals surface area contributed by atoms with Crippen LogP contribution < -0.4 is 5.32 Å². The molecule has 1 N–H and O–H groups in total. The average Bonchev–Trinajstić information content (AvgIpc) is 3.21. The van der Waals surface area contributed by atoms with Crippen molar-refractivity contribution in [2.45, 2.75) is 37.4 Å². The Morgan fingerprint density at radius 3 is 3.04 bits per heavy atom. The van der Waals surface area contributed by atoms with Crippen LogP contribution in [0.1, 0.15) is 37.7 Å². The minimum atomic E-state index is -0.420. The number of rotatable bonds is 8. The number of esters is 1. The number of thiophene rings is 1. The van der Waals surface area contributed by atoms with Gasteiger partial charge in [-0.05, 0) is 30.7 Å². The minimum absolute atomic E-state index is 0.309. The van der Waals surface area contributed by atoms with Gasteiger partial charge in [-0.2, -0.15) is 5.26 Å². The summed E-state index contributed by atoms with van der Waals surface area (Å²) >= 11 is 1.27. The van der Waals surface area contributed by atoms with Crippen molar-refractivity contribution in [1.29, 1.82) is 5.26 Å². The molecule has 0 bridgehead atoms. The minimum Gasteiger partial charge on any atom is -0.456 e. The highest BCUT2D eigenvalue weighted by Gasteiger charge is 2.16. The average molecular weight is 371 g/mol. The fraction of sp³-hybridized carbons (Fsp3) is 0.533. The Morgan fingerprint density at radius 2 is 2.30 bits per heavy atom. The van der Waals surface area contributed by atoms with Crippen molar-refractivity contribution in [1.82, 2.24) is 0 Å². The zero-order chi connectivity index (χ0) is 16.5. The van der Waals surface area contributed by atoms with E-state index >= 15 is 0 Å². The molecule has 1 saturated heterocycles. The molecule has 0 saturated carbocycles. The van der Waals surface area contributed by atoms with E-state index in [1.165, 1.54) is 23.5 Å². The molecule has 1 atom stereocenters. The maximum absolute atomic E-state index is 11.7. The van der Waals surface area contributed by atoms with Gasteiger partial charge in [0.1, 0.15) is 11.1 Å². The van der Waals surface area contributed by atoms with Gasteiger partial charge in [-0.3, -0.25) is 9.59 Å². The molecule has 2 rings (SSSR count). The summed E-state index contributed by atoms with van der Waals surface area (Å²) in [7, 11) is 3.87. The van der Waals surface area contributed by atoms with Crippen molar-refractivity contribution in [3.63, 3.8) is 0 Å². The first-order chi connectivity index (χ1) is 11.2. The SMILES string of the molecule is N#Cc1ccsc1NC(=O)COC(=O)CCCC[C@@H]1CCSS1. The van der Waals surface area contributed by atoms with Gasteiger partial charge >= 0.3 is 5.97 Å². The van der Waals surface area contributed by atoms with Crippen molar-refractivity contribution in [3.8, 4) is 6.07 Å². The summed E-state index contributed by atoms with van der Waals surface area (Å²) < 4.78 is 4.96. The number of nitrogens with zero attached hydrogens (tertiary/aromatic N) is 1. The van der Waals surface area contributed by atoms with Gasteiger partial charge in [0.05, 0.1) is 5.56 Å². The summed E-state index contributed by atoms with van der Waals surface area (Å²) in [5, 5.41) is 14.4. The second-order valence-electron chi connectivity index (χ2n) is 5.06. The zero-order valence-electron chi connectivity index (χ0n) is 12.6. The Morgan fingerprint density at radius 1 is 1.43 bits per heavy atom. The number of unbranched alkanes of at least 4 members (excludes halogenated alkanes) is 1. The first-order valence-electron chi connectivity index (χ1n) is 7.40. The van der Waals surface area contributed by atoms with E-state index in [2.05, 4.69) is 5.32 Å². The largest absolute Gasteiger partial charge is 0.456 e. The molecule has 1 aromatic rings. The third-order valence-electron chi connectivity index (χ3n) is 3.29. The number of ether oxygens (including phenoxy) is 1. The van der Waals surface area contributed by atoms with Crippen LogP contribution in [-0.4, -0.2) is 29.5 Å². The highest BCUT2D eigenvalue weighted by atomic mass is 33.1. The predicted octanol–water partition coefficient (Wildman–Crippen LogP) is 3.82. The van der Waals surface area contributed by atoms with Crippen LogP contribution >= 0.6 is 32.9 Å². The summed E-state index contributed by atoms with van der Waals surface area (Å²) in [6, 6.07) is 3.62. The second-order valence-corrected chi connectivity index (χ2v) is 8.76. The number of hydrogen-bond donors (Lipinski definition) is 1. The van der Waals surface area contributed by atoms with Crippen molar-refractivity contribution in [3.05, 3.63) is 17.0 Å². The Bertz CT molecular complexity index is 577. The topological polar surface area (TPSA) is 79.2 Å². The van der Waals surface area contributed by atoms with Gasteiger partial charge in [0, 0.05) is 17.4 Å². The third-order valence-corrected chi connectivity index (χ3v) is 7.12. The molecular weight excluding hydrogens is 352 g/mol. The van der Waals surface area contributed by atoms with Gasteiger partial charge in [0.25, 0.3) is 5.91 Å². The zero-order valence-corrected chi connectivity index (χ0v) is 15.0. The van der Waals surface area contributed by atoms with Gasteiger partial charge in [-0.15, -0.1) is 11.3 Å². The molecule has 124 valence electrons. The van der Waals surface area contributed by atoms with Gasteiger partial charge in [-0.25, -0.2) is 0 Å². The van der Waals surface area contributed by atoms with Gasteiger partial charge < -0.3 is 10.1 Å². The smallest absolute Gasteiger partial charge is 0.306 e. The molecule has 0 spiro atoms. The first kappa shape index (κ1) is 18.2. The Labute approximate surface area is 147 Å². The summed E-state index contributed by atoms with van der Waals surface area (Å²) in [5.41, 5.74) is 0.414. The van der Waals surface area contributed by atoms with Gasteiger partial charge in [0.2, 0.25) is 0 Å². The Hall–Kier alpha value is -1.17. The number of amides is 1. The van der Waals surface area contributed by atoms with Crippen LogP contribution in [0, 0.1) is 11.3 Å². The van der Waals surface area contributed by atoms with Crippen molar-refractivity contribution >= 4 is 49.8 Å². The maximum atomic E-state index is 11.7. The molecule has 1 aliphatic heterocycles. The Kier molecular flexibility index (Phi) is 7.79. The van der Waals surface area contributed by atoms with E-state index in [0.29, 0.717) is 17.0 Å². The van der Waals surface area contributed by atoms with Crippen molar-refractivity contribution in [2.75, 3.05) is 17.7 Å². The fourth-order valence-corrected chi connectivity index (χ4v) is 5.86. The van der Waals surface area contributed by atoms with E-state index in [-0.39, 0.29) is 12.6 Å². The molecule has 1 aliphatic rings. The van der Waals surface area contributed by atoms with Gasteiger partial charge in [0.15, 0.2) is 6.61 Å². The molecule has 1 amide bonds. The summed E-state index contributed by atoms with van der Waals surface area (Å²) in [6.07, 6.45) is 4.56. The number of nitriles is 1. The van der Waals surface area contributed by atoms with Crippen LogP contribution in [0.15, 0.2) is 11.4 Å². The monoisotopic (exact) mass is 370 g/mol. The highest BCUT2D eigenvalue weighted by molar-refractivity contribution is 8.77. The second kappa shape index (κ2) is 9.85. The molecule has 0 aliphatic carbocycles. The molecule has 0 radical (unpaired) electrons. The van der Waals surface area contributed by atoms with Crippen LogP contribution in [0.4, 0.5) is 5.00 Å². The molecule has 0 aromatic carbocycles. The summed E-state index contributed by atoms with van der Waals surface area (Å²) in [4.78, 5) is 23.3. The molecule has 1 aromatic heterocycles. The van der Waals surface area contributed by atoms with Gasteiger partial charge in [-0.1, -0.05) is 28.0 Å². The van der Waals surface area contributed by atoms with Crippen LogP contribution in [0.25, 0.3) is 0 Å². The summed E-state index contributed by atoms with van der Waals surface area (Å²) in [5.74, 6) is 0.460. The van der Waals surface area contributed by atoms with E-state index in [1.807, 2.05) is 27.7 Å². The maximum Gasteiger partial charge on any atom is 0.306 e.